The first-order valence-electron chi connectivity index (χ1n) is 4.20. The van der Waals surface area contributed by atoms with Gasteiger partial charge in [-0.1, -0.05) is 11.3 Å². The fourth-order valence-corrected chi connectivity index (χ4v) is 1.98. The highest BCUT2D eigenvalue weighted by molar-refractivity contribution is 7.09. The van der Waals surface area contributed by atoms with E-state index in [2.05, 4.69) is 5.32 Å². The van der Waals surface area contributed by atoms with Crippen LogP contribution in [-0.4, -0.2) is 17.5 Å². The van der Waals surface area contributed by atoms with E-state index < -0.39 is 0 Å². The largest absolute Gasteiger partial charge is 0.358 e. The molecule has 3 N–H and O–H groups in total. The van der Waals surface area contributed by atoms with Crippen molar-refractivity contribution in [3.05, 3.63) is 20.2 Å². The Labute approximate surface area is 85.5 Å². The van der Waals surface area contributed by atoms with Gasteiger partial charge in [0.25, 0.3) is 0 Å². The summed E-state index contributed by atoms with van der Waals surface area (Å²) in [7, 11) is 1.54. The molecule has 0 spiro atoms. The Morgan fingerprint density at radius 2 is 2.29 bits per heavy atom. The first-order chi connectivity index (χ1) is 6.60. The lowest BCUT2D eigenvalue weighted by Gasteiger charge is -2.03. The summed E-state index contributed by atoms with van der Waals surface area (Å²) in [6.07, 6.45) is 0. The van der Waals surface area contributed by atoms with Crippen LogP contribution >= 0.6 is 11.3 Å². The van der Waals surface area contributed by atoms with Crippen LogP contribution in [0.15, 0.2) is 4.79 Å². The van der Waals surface area contributed by atoms with Crippen molar-refractivity contribution in [2.24, 2.45) is 5.73 Å². The zero-order valence-electron chi connectivity index (χ0n) is 8.16. The molecule has 0 fully saturated rings. The number of rotatable bonds is 3. The second-order valence-electron chi connectivity index (χ2n) is 2.84. The van der Waals surface area contributed by atoms with Crippen LogP contribution in [0, 0.1) is 6.92 Å². The van der Waals surface area contributed by atoms with E-state index in [9.17, 15) is 9.59 Å². The molecule has 0 unspecified atom stereocenters. The predicted octanol–water partition coefficient (Wildman–Crippen LogP) is -0.577. The van der Waals surface area contributed by atoms with Crippen LogP contribution in [0.5, 0.6) is 0 Å². The number of nitrogens with zero attached hydrogens (tertiary/aromatic N) is 1. The lowest BCUT2D eigenvalue weighted by atomic mass is 10.4. The Morgan fingerprint density at radius 3 is 2.71 bits per heavy atom. The molecule has 1 amide bonds. The molecule has 0 bridgehead atoms. The third kappa shape index (κ3) is 2.02. The maximum absolute atomic E-state index is 11.4. The Hall–Kier alpha value is -1.14. The molecule has 0 aliphatic heterocycles. The van der Waals surface area contributed by atoms with Crippen molar-refractivity contribution in [2.45, 2.75) is 20.0 Å². The summed E-state index contributed by atoms with van der Waals surface area (Å²) in [6.45, 7) is 2.20. The highest BCUT2D eigenvalue weighted by Gasteiger charge is 2.11. The standard InChI is InChI=1S/C8H13N3O2S/c1-5-6(3-9)14-8(13)11(5)4-7(12)10-2/h3-4,9H2,1-2H3,(H,10,12). The van der Waals surface area contributed by atoms with E-state index in [1.54, 1.807) is 14.0 Å². The van der Waals surface area contributed by atoms with E-state index in [1.165, 1.54) is 4.57 Å². The summed E-state index contributed by atoms with van der Waals surface area (Å²) in [5.74, 6) is -0.184. The predicted molar refractivity (Wildman–Crippen MR) is 55.3 cm³/mol. The van der Waals surface area contributed by atoms with Gasteiger partial charge in [-0.25, -0.2) is 0 Å². The molecule has 0 atom stereocenters. The average Bonchev–Trinajstić information content (AvgIpc) is 2.44. The molecule has 1 heterocycles. The summed E-state index contributed by atoms with van der Waals surface area (Å²) in [5.41, 5.74) is 6.24. The van der Waals surface area contributed by atoms with E-state index in [4.69, 9.17) is 5.73 Å². The lowest BCUT2D eigenvalue weighted by Crippen LogP contribution is -2.28. The number of nitrogens with one attached hydrogen (secondary N) is 1. The van der Waals surface area contributed by atoms with Crippen LogP contribution in [0.2, 0.25) is 0 Å². The third-order valence-electron chi connectivity index (χ3n) is 2.01. The van der Waals surface area contributed by atoms with Crippen LogP contribution in [0.4, 0.5) is 0 Å². The van der Waals surface area contributed by atoms with Gasteiger partial charge in [-0.15, -0.1) is 0 Å². The van der Waals surface area contributed by atoms with E-state index in [1.807, 2.05) is 0 Å². The van der Waals surface area contributed by atoms with Gasteiger partial charge in [-0.05, 0) is 6.92 Å². The number of carbonyl (C=O) groups is 1. The summed E-state index contributed by atoms with van der Waals surface area (Å²) in [6, 6.07) is 0. The first kappa shape index (κ1) is 10.9. The SMILES string of the molecule is CNC(=O)Cn1c(C)c(CN)sc1=O. The topological polar surface area (TPSA) is 77.1 Å². The molecule has 0 saturated carbocycles. The molecule has 1 aromatic heterocycles. The van der Waals surface area contributed by atoms with Crippen molar-refractivity contribution in [3.63, 3.8) is 0 Å². The molecular weight excluding hydrogens is 202 g/mol. The van der Waals surface area contributed by atoms with Gasteiger partial charge in [-0.3, -0.25) is 14.2 Å². The van der Waals surface area contributed by atoms with Crippen molar-refractivity contribution in [2.75, 3.05) is 7.05 Å². The number of nitrogens with two attached hydrogens (primary N) is 1. The summed E-state index contributed by atoms with van der Waals surface area (Å²) >= 11 is 1.10. The van der Waals surface area contributed by atoms with Crippen molar-refractivity contribution in [1.29, 1.82) is 0 Å². The molecule has 0 aliphatic rings. The van der Waals surface area contributed by atoms with Gasteiger partial charge in [-0.2, -0.15) is 0 Å². The summed E-state index contributed by atoms with van der Waals surface area (Å²) < 4.78 is 1.44. The Balaban J connectivity index is 3.02. The maximum Gasteiger partial charge on any atom is 0.308 e. The molecule has 78 valence electrons. The quantitative estimate of drug-likeness (QED) is 0.708. The number of amides is 1. The average molecular weight is 215 g/mol. The molecular formula is C8H13N3O2S. The van der Waals surface area contributed by atoms with Crippen LogP contribution in [-0.2, 0) is 17.9 Å². The van der Waals surface area contributed by atoms with Gasteiger partial charge in [0.1, 0.15) is 6.54 Å². The van der Waals surface area contributed by atoms with Gasteiger partial charge < -0.3 is 11.1 Å². The Kier molecular flexibility index (Phi) is 3.43. The number of hydrogen-bond acceptors (Lipinski definition) is 4. The van der Waals surface area contributed by atoms with Gasteiger partial charge in [0.05, 0.1) is 0 Å². The fourth-order valence-electron chi connectivity index (χ4n) is 1.12. The second kappa shape index (κ2) is 4.39. The molecule has 1 rings (SSSR count). The monoisotopic (exact) mass is 215 g/mol. The van der Waals surface area contributed by atoms with Gasteiger partial charge in [0, 0.05) is 24.2 Å². The van der Waals surface area contributed by atoms with Crippen LogP contribution in [0.3, 0.4) is 0 Å². The summed E-state index contributed by atoms with van der Waals surface area (Å²) in [5, 5.41) is 2.47. The molecule has 6 heteroatoms. The van der Waals surface area contributed by atoms with Gasteiger partial charge in [0.15, 0.2) is 0 Å². The highest BCUT2D eigenvalue weighted by Crippen LogP contribution is 2.09. The zero-order chi connectivity index (χ0) is 10.7. The first-order valence-corrected chi connectivity index (χ1v) is 5.01. The smallest absolute Gasteiger partial charge is 0.308 e. The lowest BCUT2D eigenvalue weighted by molar-refractivity contribution is -0.121. The van der Waals surface area contributed by atoms with Gasteiger partial charge in [0.2, 0.25) is 5.91 Å². The van der Waals surface area contributed by atoms with Gasteiger partial charge >= 0.3 is 4.87 Å². The molecule has 0 aromatic carbocycles. The van der Waals surface area contributed by atoms with Crippen molar-refractivity contribution < 1.29 is 4.79 Å². The Morgan fingerprint density at radius 1 is 1.64 bits per heavy atom. The zero-order valence-corrected chi connectivity index (χ0v) is 8.98. The van der Waals surface area contributed by atoms with Crippen molar-refractivity contribution in [1.82, 2.24) is 9.88 Å². The minimum Gasteiger partial charge on any atom is -0.358 e. The van der Waals surface area contributed by atoms with Crippen LogP contribution in [0.1, 0.15) is 10.6 Å². The minimum absolute atomic E-state index is 0.0671. The van der Waals surface area contributed by atoms with E-state index in [0.717, 1.165) is 21.9 Å². The van der Waals surface area contributed by atoms with E-state index in [0.29, 0.717) is 6.54 Å². The van der Waals surface area contributed by atoms with Crippen molar-refractivity contribution in [3.8, 4) is 0 Å². The normalized spacial score (nSPS) is 10.2. The second-order valence-corrected chi connectivity index (χ2v) is 3.89. The number of likely N-dealkylation sites (N-methyl/N-ethyl adjacent to an activating group) is 1. The number of carbonyl (C=O) groups excluding carboxylic acids is 1. The van der Waals surface area contributed by atoms with Crippen LogP contribution in [0.25, 0.3) is 0 Å². The molecule has 5 nitrogen and oxygen atoms in total. The molecule has 14 heavy (non-hydrogen) atoms. The number of hydrogen-bond donors (Lipinski definition) is 2. The fraction of sp³-hybridized carbons (Fsp3) is 0.500. The maximum atomic E-state index is 11.4. The van der Waals surface area contributed by atoms with Crippen LogP contribution < -0.4 is 15.9 Å². The van der Waals surface area contributed by atoms with E-state index in [-0.39, 0.29) is 17.3 Å². The number of thiazole rings is 1. The minimum atomic E-state index is -0.184. The molecule has 0 saturated heterocycles. The third-order valence-corrected chi connectivity index (χ3v) is 3.11. The summed E-state index contributed by atoms with van der Waals surface area (Å²) in [4.78, 5) is 23.2. The van der Waals surface area contributed by atoms with E-state index >= 15 is 0 Å². The Bertz CT molecular complexity index is 394. The van der Waals surface area contributed by atoms with Crippen molar-refractivity contribution >= 4 is 17.2 Å². The molecule has 0 aliphatic carbocycles. The highest BCUT2D eigenvalue weighted by atomic mass is 32.1. The molecule has 1 aromatic rings. The number of aromatic nitrogens is 1. The molecule has 0 radical (unpaired) electrons.